The minimum atomic E-state index is -0.467. The van der Waals surface area contributed by atoms with E-state index in [1.807, 2.05) is 55.5 Å². The molecule has 0 aromatic heterocycles. The van der Waals surface area contributed by atoms with Gasteiger partial charge >= 0.3 is 0 Å². The van der Waals surface area contributed by atoms with Crippen LogP contribution in [0, 0.1) is 0 Å². The van der Waals surface area contributed by atoms with E-state index >= 15 is 0 Å². The highest BCUT2D eigenvalue weighted by atomic mass is 16.6. The Morgan fingerprint density at radius 3 is 2.90 bits per heavy atom. The molecule has 1 fully saturated rings. The Balaban J connectivity index is 1.69. The summed E-state index contributed by atoms with van der Waals surface area (Å²) in [6.45, 7) is 2.48. The second-order valence-electron chi connectivity index (χ2n) is 5.43. The molecule has 2 aliphatic rings. The van der Waals surface area contributed by atoms with Gasteiger partial charge in [-0.3, -0.25) is 4.79 Å². The van der Waals surface area contributed by atoms with Crippen molar-refractivity contribution < 1.29 is 14.3 Å². The first kappa shape index (κ1) is 13.3. The van der Waals surface area contributed by atoms with Crippen molar-refractivity contribution in [2.24, 2.45) is 0 Å². The smallest absolute Gasteiger partial charge is 0.158 e. The highest BCUT2D eigenvalue weighted by Crippen LogP contribution is 2.32. The Bertz CT molecular complexity index is 547. The fourth-order valence-electron chi connectivity index (χ4n) is 2.54. The molecule has 20 heavy (non-hydrogen) atoms. The molecule has 1 aliphatic carbocycles. The van der Waals surface area contributed by atoms with E-state index < -0.39 is 5.60 Å². The monoisotopic (exact) mass is 270 g/mol. The van der Waals surface area contributed by atoms with Crippen LogP contribution in [-0.2, 0) is 14.3 Å². The van der Waals surface area contributed by atoms with Gasteiger partial charge in [-0.15, -0.1) is 0 Å². The SMILES string of the molecule is C[C@@]12C=CC(=O)C[C@@H]1O[C@H](/C=C/c1ccccc1)CO2. The molecule has 0 unspecified atom stereocenters. The fraction of sp³-hybridized carbons (Fsp3) is 0.353. The topological polar surface area (TPSA) is 35.5 Å². The van der Waals surface area contributed by atoms with Crippen molar-refractivity contribution in [3.8, 4) is 0 Å². The zero-order valence-electron chi connectivity index (χ0n) is 11.5. The molecular formula is C17H18O3. The fourth-order valence-corrected chi connectivity index (χ4v) is 2.54. The summed E-state index contributed by atoms with van der Waals surface area (Å²) in [6, 6.07) is 10.1. The Labute approximate surface area is 118 Å². The third kappa shape index (κ3) is 2.74. The summed E-state index contributed by atoms with van der Waals surface area (Å²) in [5, 5.41) is 0. The van der Waals surface area contributed by atoms with E-state index in [1.165, 1.54) is 0 Å². The van der Waals surface area contributed by atoms with Crippen molar-refractivity contribution >= 4 is 11.9 Å². The Morgan fingerprint density at radius 2 is 2.10 bits per heavy atom. The predicted molar refractivity (Wildman–Crippen MR) is 77.3 cm³/mol. The predicted octanol–water partition coefficient (Wildman–Crippen LogP) is 2.77. The Kier molecular flexibility index (Phi) is 3.55. The van der Waals surface area contributed by atoms with Gasteiger partial charge in [0.2, 0.25) is 0 Å². The molecule has 0 N–H and O–H groups in total. The largest absolute Gasteiger partial charge is 0.365 e. The van der Waals surface area contributed by atoms with Crippen LogP contribution in [-0.4, -0.2) is 30.2 Å². The summed E-state index contributed by atoms with van der Waals surface area (Å²) in [5.41, 5.74) is 0.661. The van der Waals surface area contributed by atoms with Crippen LogP contribution in [0.3, 0.4) is 0 Å². The van der Waals surface area contributed by atoms with Gasteiger partial charge in [0.1, 0.15) is 5.60 Å². The highest BCUT2D eigenvalue weighted by Gasteiger charge is 2.42. The summed E-state index contributed by atoms with van der Waals surface area (Å²) in [4.78, 5) is 11.5. The first-order chi connectivity index (χ1) is 9.66. The first-order valence-corrected chi connectivity index (χ1v) is 6.90. The summed E-state index contributed by atoms with van der Waals surface area (Å²) in [6.07, 6.45) is 7.53. The zero-order chi connectivity index (χ0) is 14.0. The normalized spacial score (nSPS) is 33.4. The molecule has 0 amide bonds. The zero-order valence-corrected chi connectivity index (χ0v) is 11.5. The van der Waals surface area contributed by atoms with Crippen LogP contribution >= 0.6 is 0 Å². The third-order valence-electron chi connectivity index (χ3n) is 3.83. The van der Waals surface area contributed by atoms with Gasteiger partial charge in [0.25, 0.3) is 0 Å². The maximum Gasteiger partial charge on any atom is 0.158 e. The quantitative estimate of drug-likeness (QED) is 0.829. The van der Waals surface area contributed by atoms with Gasteiger partial charge in [0, 0.05) is 6.42 Å². The molecule has 1 aromatic rings. The van der Waals surface area contributed by atoms with Gasteiger partial charge in [-0.1, -0.05) is 42.5 Å². The molecule has 3 heteroatoms. The highest BCUT2D eigenvalue weighted by molar-refractivity contribution is 5.91. The van der Waals surface area contributed by atoms with E-state index in [2.05, 4.69) is 0 Å². The summed E-state index contributed by atoms with van der Waals surface area (Å²) >= 11 is 0. The van der Waals surface area contributed by atoms with Crippen molar-refractivity contribution in [1.29, 1.82) is 0 Å². The van der Waals surface area contributed by atoms with E-state index in [-0.39, 0.29) is 18.0 Å². The maximum absolute atomic E-state index is 11.5. The minimum absolute atomic E-state index is 0.101. The molecule has 1 aromatic carbocycles. The number of carbonyl (C=O) groups excluding carboxylic acids is 1. The second kappa shape index (κ2) is 5.35. The van der Waals surface area contributed by atoms with Crippen LogP contribution in [0.5, 0.6) is 0 Å². The number of rotatable bonds is 2. The van der Waals surface area contributed by atoms with Gasteiger partial charge in [0.15, 0.2) is 5.78 Å². The number of carbonyl (C=O) groups is 1. The molecule has 0 bridgehead atoms. The van der Waals surface area contributed by atoms with Crippen molar-refractivity contribution in [1.82, 2.24) is 0 Å². The molecule has 3 rings (SSSR count). The molecule has 0 radical (unpaired) electrons. The molecule has 1 heterocycles. The number of ether oxygens (including phenoxy) is 2. The molecule has 1 aliphatic heterocycles. The molecule has 104 valence electrons. The minimum Gasteiger partial charge on any atom is -0.365 e. The van der Waals surface area contributed by atoms with Crippen molar-refractivity contribution in [2.45, 2.75) is 31.2 Å². The molecule has 1 saturated heterocycles. The lowest BCUT2D eigenvalue weighted by atomic mass is 9.87. The van der Waals surface area contributed by atoms with E-state index in [0.29, 0.717) is 13.0 Å². The van der Waals surface area contributed by atoms with Gasteiger partial charge in [-0.2, -0.15) is 0 Å². The van der Waals surface area contributed by atoms with Crippen molar-refractivity contribution in [3.63, 3.8) is 0 Å². The Hall–Kier alpha value is -1.71. The van der Waals surface area contributed by atoms with Crippen LogP contribution in [0.25, 0.3) is 6.08 Å². The lowest BCUT2D eigenvalue weighted by molar-refractivity contribution is -0.199. The lowest BCUT2D eigenvalue weighted by Crippen LogP contribution is -2.52. The maximum atomic E-state index is 11.5. The van der Waals surface area contributed by atoms with Crippen LogP contribution in [0.2, 0.25) is 0 Å². The van der Waals surface area contributed by atoms with E-state index in [1.54, 1.807) is 6.08 Å². The molecular weight excluding hydrogens is 252 g/mol. The van der Waals surface area contributed by atoms with Gasteiger partial charge in [0.05, 0.1) is 18.8 Å². The van der Waals surface area contributed by atoms with Crippen LogP contribution in [0.1, 0.15) is 18.9 Å². The van der Waals surface area contributed by atoms with E-state index in [9.17, 15) is 4.79 Å². The van der Waals surface area contributed by atoms with E-state index in [0.717, 1.165) is 5.56 Å². The van der Waals surface area contributed by atoms with Crippen LogP contribution in [0.15, 0.2) is 48.6 Å². The summed E-state index contributed by atoms with van der Waals surface area (Å²) in [5.74, 6) is 0.101. The van der Waals surface area contributed by atoms with E-state index in [4.69, 9.17) is 9.47 Å². The van der Waals surface area contributed by atoms with Crippen molar-refractivity contribution in [3.05, 3.63) is 54.1 Å². The average Bonchev–Trinajstić information content (AvgIpc) is 2.47. The molecule has 0 saturated carbocycles. The first-order valence-electron chi connectivity index (χ1n) is 6.90. The summed E-state index contributed by atoms with van der Waals surface area (Å²) in [7, 11) is 0. The number of allylic oxidation sites excluding steroid dienone is 1. The molecule has 3 atom stereocenters. The molecule has 3 nitrogen and oxygen atoms in total. The number of hydrogen-bond donors (Lipinski definition) is 0. The van der Waals surface area contributed by atoms with Gasteiger partial charge in [-0.25, -0.2) is 0 Å². The second-order valence-corrected chi connectivity index (χ2v) is 5.43. The standard InChI is InChI=1S/C17H18O3/c1-17-10-9-14(18)11-16(17)20-15(12-19-17)8-7-13-5-3-2-4-6-13/h2-10,15-16H,11-12H2,1H3/b8-7+/t15-,16+,17-/m1/s1. The van der Waals surface area contributed by atoms with Crippen LogP contribution < -0.4 is 0 Å². The Morgan fingerprint density at radius 1 is 1.30 bits per heavy atom. The number of benzene rings is 1. The van der Waals surface area contributed by atoms with Crippen LogP contribution in [0.4, 0.5) is 0 Å². The summed E-state index contributed by atoms with van der Waals surface area (Å²) < 4.78 is 11.9. The van der Waals surface area contributed by atoms with Gasteiger partial charge < -0.3 is 9.47 Å². The van der Waals surface area contributed by atoms with Crippen molar-refractivity contribution in [2.75, 3.05) is 6.61 Å². The molecule has 0 spiro atoms. The van der Waals surface area contributed by atoms with Gasteiger partial charge in [-0.05, 0) is 24.6 Å². The number of fused-ring (bicyclic) bond motifs is 1. The number of hydrogen-bond acceptors (Lipinski definition) is 3. The number of ketones is 1. The lowest BCUT2D eigenvalue weighted by Gasteiger charge is -2.43. The average molecular weight is 270 g/mol. The third-order valence-corrected chi connectivity index (χ3v) is 3.83.